The number of halogens is 1. The number of ether oxygens (including phenoxy) is 2. The van der Waals surface area contributed by atoms with E-state index < -0.39 is 0 Å². The van der Waals surface area contributed by atoms with Crippen molar-refractivity contribution in [1.82, 2.24) is 0 Å². The molecule has 0 heterocycles. The van der Waals surface area contributed by atoms with Crippen molar-refractivity contribution in [2.75, 3.05) is 24.4 Å². The smallest absolute Gasteiger partial charge is 0.239 e. The van der Waals surface area contributed by atoms with Gasteiger partial charge in [0.15, 0.2) is 11.5 Å². The average Bonchev–Trinajstić information content (AvgIpc) is 2.34. The summed E-state index contributed by atoms with van der Waals surface area (Å²) in [6.07, 6.45) is 0. The van der Waals surface area contributed by atoms with Gasteiger partial charge >= 0.3 is 0 Å². The molecular weight excluding hydrogens is 254 g/mol. The molecule has 0 unspecified atom stereocenters. The van der Waals surface area contributed by atoms with Gasteiger partial charge in [0, 0.05) is 11.8 Å². The quantitative estimate of drug-likeness (QED) is 0.809. The molecule has 0 aromatic heterocycles. The van der Waals surface area contributed by atoms with Crippen molar-refractivity contribution in [2.24, 2.45) is 0 Å². The van der Waals surface area contributed by atoms with E-state index in [1.165, 1.54) is 0 Å². The highest BCUT2D eigenvalue weighted by Gasteiger charge is 2.11. The van der Waals surface area contributed by atoms with Crippen molar-refractivity contribution in [1.29, 1.82) is 0 Å². The molecule has 0 atom stereocenters. The fraction of sp³-hybridized carbons (Fsp3) is 0.462. The molecule has 4 nitrogen and oxygen atoms in total. The maximum Gasteiger partial charge on any atom is 0.239 e. The summed E-state index contributed by atoms with van der Waals surface area (Å²) < 4.78 is 11.1. The van der Waals surface area contributed by atoms with Gasteiger partial charge in [-0.15, -0.1) is 11.6 Å². The molecular formula is C13H18ClNO3. The molecule has 1 amide bonds. The van der Waals surface area contributed by atoms with Crippen LogP contribution in [0.5, 0.6) is 11.5 Å². The van der Waals surface area contributed by atoms with Crippen molar-refractivity contribution in [2.45, 2.75) is 20.8 Å². The first kappa shape index (κ1) is 14.6. The van der Waals surface area contributed by atoms with E-state index in [1.54, 1.807) is 6.07 Å². The minimum Gasteiger partial charge on any atom is -0.490 e. The Hall–Kier alpha value is -1.42. The highest BCUT2D eigenvalue weighted by molar-refractivity contribution is 6.29. The standard InChI is InChI=1S/C13H18ClNO3/c1-4-17-11-7-10(15-12(16)8-14)6-9(3)13(11)18-5-2/h6-7H,4-5,8H2,1-3H3,(H,15,16). The predicted molar refractivity (Wildman–Crippen MR) is 72.9 cm³/mol. The molecule has 1 rings (SSSR count). The summed E-state index contributed by atoms with van der Waals surface area (Å²) in [6.45, 7) is 6.82. The number of aryl methyl sites for hydroxylation is 1. The summed E-state index contributed by atoms with van der Waals surface area (Å²) >= 11 is 5.46. The SMILES string of the molecule is CCOc1cc(NC(=O)CCl)cc(C)c1OCC. The maximum absolute atomic E-state index is 11.3. The van der Waals surface area contributed by atoms with Crippen LogP contribution in [-0.2, 0) is 4.79 Å². The molecule has 18 heavy (non-hydrogen) atoms. The number of nitrogens with one attached hydrogen (secondary N) is 1. The van der Waals surface area contributed by atoms with Crippen molar-refractivity contribution < 1.29 is 14.3 Å². The lowest BCUT2D eigenvalue weighted by Crippen LogP contribution is -2.13. The zero-order valence-electron chi connectivity index (χ0n) is 10.9. The molecule has 0 saturated heterocycles. The van der Waals surface area contributed by atoms with E-state index in [4.69, 9.17) is 21.1 Å². The minimum atomic E-state index is -0.248. The second kappa shape index (κ2) is 7.11. The minimum absolute atomic E-state index is 0.0732. The molecule has 0 radical (unpaired) electrons. The van der Waals surface area contributed by atoms with Gasteiger partial charge < -0.3 is 14.8 Å². The number of alkyl halides is 1. The van der Waals surface area contributed by atoms with Gasteiger partial charge in [-0.25, -0.2) is 0 Å². The molecule has 0 aliphatic heterocycles. The zero-order chi connectivity index (χ0) is 13.5. The van der Waals surface area contributed by atoms with Crippen molar-refractivity contribution >= 4 is 23.2 Å². The third kappa shape index (κ3) is 3.81. The molecule has 0 aliphatic rings. The Bertz CT molecular complexity index is 421. The van der Waals surface area contributed by atoms with Crippen LogP contribution in [-0.4, -0.2) is 25.0 Å². The highest BCUT2D eigenvalue weighted by atomic mass is 35.5. The maximum atomic E-state index is 11.3. The predicted octanol–water partition coefficient (Wildman–Crippen LogP) is 2.97. The van der Waals surface area contributed by atoms with Crippen LogP contribution in [0.3, 0.4) is 0 Å². The van der Waals surface area contributed by atoms with Crippen molar-refractivity contribution in [3.63, 3.8) is 0 Å². The van der Waals surface area contributed by atoms with Gasteiger partial charge in [0.1, 0.15) is 5.88 Å². The van der Waals surface area contributed by atoms with Gasteiger partial charge in [-0.1, -0.05) is 0 Å². The lowest BCUT2D eigenvalue weighted by atomic mass is 10.1. The van der Waals surface area contributed by atoms with Gasteiger partial charge in [0.05, 0.1) is 13.2 Å². The largest absolute Gasteiger partial charge is 0.490 e. The van der Waals surface area contributed by atoms with Crippen LogP contribution in [0.15, 0.2) is 12.1 Å². The summed E-state index contributed by atoms with van der Waals surface area (Å²) in [5.41, 5.74) is 1.57. The molecule has 0 bridgehead atoms. The average molecular weight is 272 g/mol. The second-order valence-corrected chi connectivity index (χ2v) is 3.94. The van der Waals surface area contributed by atoms with Crippen LogP contribution >= 0.6 is 11.6 Å². The summed E-state index contributed by atoms with van der Waals surface area (Å²) in [5.74, 6) is 1.02. The first-order valence-corrected chi connectivity index (χ1v) is 6.41. The van der Waals surface area contributed by atoms with Crippen LogP contribution in [0.2, 0.25) is 0 Å². The monoisotopic (exact) mass is 271 g/mol. The number of carbonyl (C=O) groups excluding carboxylic acids is 1. The topological polar surface area (TPSA) is 47.6 Å². The number of hydrogen-bond donors (Lipinski definition) is 1. The number of anilines is 1. The summed E-state index contributed by atoms with van der Waals surface area (Å²) in [4.78, 5) is 11.3. The van der Waals surface area contributed by atoms with E-state index in [0.29, 0.717) is 30.4 Å². The van der Waals surface area contributed by atoms with Crippen LogP contribution in [0.1, 0.15) is 19.4 Å². The third-order valence-corrected chi connectivity index (χ3v) is 2.48. The number of amides is 1. The zero-order valence-corrected chi connectivity index (χ0v) is 11.6. The third-order valence-electron chi connectivity index (χ3n) is 2.23. The molecule has 0 aliphatic carbocycles. The fourth-order valence-electron chi connectivity index (χ4n) is 1.60. The summed E-state index contributed by atoms with van der Waals surface area (Å²) in [5, 5.41) is 2.69. The Kier molecular flexibility index (Phi) is 5.78. The van der Waals surface area contributed by atoms with Crippen molar-refractivity contribution in [3.05, 3.63) is 17.7 Å². The Morgan fingerprint density at radius 1 is 1.28 bits per heavy atom. The van der Waals surface area contributed by atoms with Crippen molar-refractivity contribution in [3.8, 4) is 11.5 Å². The van der Waals surface area contributed by atoms with Crippen LogP contribution in [0.25, 0.3) is 0 Å². The molecule has 100 valence electrons. The number of benzene rings is 1. The number of carbonyl (C=O) groups is 1. The highest BCUT2D eigenvalue weighted by Crippen LogP contribution is 2.34. The molecule has 1 N–H and O–H groups in total. The molecule has 0 fully saturated rings. The van der Waals surface area contributed by atoms with Crippen LogP contribution < -0.4 is 14.8 Å². The first-order chi connectivity index (χ1) is 8.62. The lowest BCUT2D eigenvalue weighted by molar-refractivity contribution is -0.113. The van der Waals surface area contributed by atoms with Gasteiger partial charge in [0.2, 0.25) is 5.91 Å². The second-order valence-electron chi connectivity index (χ2n) is 3.67. The van der Waals surface area contributed by atoms with E-state index in [-0.39, 0.29) is 11.8 Å². The van der Waals surface area contributed by atoms with E-state index in [9.17, 15) is 4.79 Å². The molecule has 0 spiro atoms. The van der Waals surface area contributed by atoms with E-state index in [2.05, 4.69) is 5.32 Å². The fourth-order valence-corrected chi connectivity index (χ4v) is 1.67. The van der Waals surface area contributed by atoms with Gasteiger partial charge in [0.25, 0.3) is 0 Å². The Labute approximate surface area is 112 Å². The molecule has 1 aromatic carbocycles. The Balaban J connectivity index is 3.05. The van der Waals surface area contributed by atoms with Crippen LogP contribution in [0.4, 0.5) is 5.69 Å². The summed E-state index contributed by atoms with van der Waals surface area (Å²) in [7, 11) is 0. The van der Waals surface area contributed by atoms with Gasteiger partial charge in [-0.2, -0.15) is 0 Å². The molecule has 5 heteroatoms. The molecule has 1 aromatic rings. The summed E-state index contributed by atoms with van der Waals surface area (Å²) in [6, 6.07) is 3.57. The van der Waals surface area contributed by atoms with Gasteiger partial charge in [-0.3, -0.25) is 4.79 Å². The Morgan fingerprint density at radius 2 is 1.94 bits per heavy atom. The van der Waals surface area contributed by atoms with E-state index in [1.807, 2.05) is 26.8 Å². The number of hydrogen-bond acceptors (Lipinski definition) is 3. The van der Waals surface area contributed by atoms with Crippen LogP contribution in [0, 0.1) is 6.92 Å². The molecule has 0 saturated carbocycles. The number of rotatable bonds is 6. The van der Waals surface area contributed by atoms with E-state index in [0.717, 1.165) is 5.56 Å². The van der Waals surface area contributed by atoms with E-state index >= 15 is 0 Å². The Morgan fingerprint density at radius 3 is 2.50 bits per heavy atom. The lowest BCUT2D eigenvalue weighted by Gasteiger charge is -2.15. The normalized spacial score (nSPS) is 10.0. The first-order valence-electron chi connectivity index (χ1n) is 5.88. The van der Waals surface area contributed by atoms with Gasteiger partial charge in [-0.05, 0) is 32.4 Å².